The Kier molecular flexibility index (Phi) is 5.94. The number of carbonyl (C=O) groups excluding carboxylic acids is 1. The molecule has 0 aliphatic carbocycles. The Bertz CT molecular complexity index is 400. The summed E-state index contributed by atoms with van der Waals surface area (Å²) in [4.78, 5) is 11.5. The van der Waals surface area contributed by atoms with Gasteiger partial charge in [0.15, 0.2) is 0 Å². The molecule has 0 aliphatic heterocycles. The fourth-order valence-corrected chi connectivity index (χ4v) is 1.73. The molecule has 1 aromatic rings. The zero-order valence-electron chi connectivity index (χ0n) is 9.69. The SMILES string of the molecule is CCC(CO)NC(=O)/C=C/c1cccc(Br)c1. The Labute approximate surface area is 110 Å². The van der Waals surface area contributed by atoms with Crippen LogP contribution in [0.1, 0.15) is 18.9 Å². The number of carbonyl (C=O) groups is 1. The molecule has 0 aromatic heterocycles. The van der Waals surface area contributed by atoms with Crippen LogP contribution in [0.2, 0.25) is 0 Å². The molecule has 2 N–H and O–H groups in total. The third-order valence-electron chi connectivity index (χ3n) is 2.34. The summed E-state index contributed by atoms with van der Waals surface area (Å²) in [6.45, 7) is 1.88. The van der Waals surface area contributed by atoms with Gasteiger partial charge in [0.2, 0.25) is 5.91 Å². The van der Waals surface area contributed by atoms with Crippen LogP contribution in [-0.2, 0) is 4.79 Å². The molecule has 0 heterocycles. The van der Waals surface area contributed by atoms with E-state index in [4.69, 9.17) is 5.11 Å². The Morgan fingerprint density at radius 3 is 2.94 bits per heavy atom. The van der Waals surface area contributed by atoms with Gasteiger partial charge in [-0.1, -0.05) is 35.0 Å². The first-order valence-corrected chi connectivity index (χ1v) is 6.30. The van der Waals surface area contributed by atoms with Gasteiger partial charge in [-0.2, -0.15) is 0 Å². The number of benzene rings is 1. The van der Waals surface area contributed by atoms with Crippen LogP contribution in [0.3, 0.4) is 0 Å². The maximum Gasteiger partial charge on any atom is 0.244 e. The summed E-state index contributed by atoms with van der Waals surface area (Å²) in [5.74, 6) is -0.189. The summed E-state index contributed by atoms with van der Waals surface area (Å²) in [5, 5.41) is 11.7. The van der Waals surface area contributed by atoms with E-state index in [1.165, 1.54) is 6.08 Å². The molecule has 1 rings (SSSR count). The molecule has 4 heteroatoms. The van der Waals surface area contributed by atoms with Gasteiger partial charge in [0.05, 0.1) is 12.6 Å². The molecule has 1 unspecified atom stereocenters. The maximum absolute atomic E-state index is 11.5. The maximum atomic E-state index is 11.5. The standard InChI is InChI=1S/C13H16BrNO2/c1-2-12(9-16)15-13(17)7-6-10-4-3-5-11(14)8-10/h3-8,12,16H,2,9H2,1H3,(H,15,17)/b7-6+. The van der Waals surface area contributed by atoms with Crippen molar-refractivity contribution in [1.29, 1.82) is 0 Å². The second-order valence-corrected chi connectivity index (χ2v) is 4.60. The highest BCUT2D eigenvalue weighted by molar-refractivity contribution is 9.10. The Hall–Kier alpha value is -1.13. The van der Waals surface area contributed by atoms with E-state index in [-0.39, 0.29) is 18.6 Å². The highest BCUT2D eigenvalue weighted by Crippen LogP contribution is 2.12. The number of halogens is 1. The lowest BCUT2D eigenvalue weighted by Gasteiger charge is -2.11. The normalized spacial score (nSPS) is 12.6. The van der Waals surface area contributed by atoms with Crippen LogP contribution in [0.4, 0.5) is 0 Å². The van der Waals surface area contributed by atoms with E-state index in [1.807, 2.05) is 31.2 Å². The van der Waals surface area contributed by atoms with Crippen molar-refractivity contribution in [2.24, 2.45) is 0 Å². The van der Waals surface area contributed by atoms with Gasteiger partial charge < -0.3 is 10.4 Å². The number of rotatable bonds is 5. The topological polar surface area (TPSA) is 49.3 Å². The molecule has 92 valence electrons. The lowest BCUT2D eigenvalue weighted by molar-refractivity contribution is -0.117. The molecule has 0 bridgehead atoms. The molecule has 0 spiro atoms. The Morgan fingerprint density at radius 1 is 1.59 bits per heavy atom. The quantitative estimate of drug-likeness (QED) is 0.820. The third kappa shape index (κ3) is 5.15. The van der Waals surface area contributed by atoms with Crippen LogP contribution >= 0.6 is 15.9 Å². The van der Waals surface area contributed by atoms with Crippen LogP contribution in [0, 0.1) is 0 Å². The van der Waals surface area contributed by atoms with E-state index in [0.29, 0.717) is 6.42 Å². The minimum Gasteiger partial charge on any atom is -0.394 e. The van der Waals surface area contributed by atoms with Gasteiger partial charge >= 0.3 is 0 Å². The molecule has 17 heavy (non-hydrogen) atoms. The molecule has 0 radical (unpaired) electrons. The molecular formula is C13H16BrNO2. The second-order valence-electron chi connectivity index (χ2n) is 3.68. The minimum atomic E-state index is -0.189. The number of hydrogen-bond donors (Lipinski definition) is 2. The van der Waals surface area contributed by atoms with Crippen molar-refractivity contribution in [3.05, 3.63) is 40.4 Å². The van der Waals surface area contributed by atoms with E-state index < -0.39 is 0 Å². The highest BCUT2D eigenvalue weighted by atomic mass is 79.9. The van der Waals surface area contributed by atoms with Crippen molar-refractivity contribution in [2.45, 2.75) is 19.4 Å². The lowest BCUT2D eigenvalue weighted by atomic mass is 10.2. The number of nitrogens with one attached hydrogen (secondary N) is 1. The minimum absolute atomic E-state index is 0.0348. The van der Waals surface area contributed by atoms with E-state index in [2.05, 4.69) is 21.2 Å². The van der Waals surface area contributed by atoms with Gasteiger partial charge in [-0.25, -0.2) is 0 Å². The summed E-state index contributed by atoms with van der Waals surface area (Å²) in [6, 6.07) is 7.50. The Morgan fingerprint density at radius 2 is 2.35 bits per heavy atom. The van der Waals surface area contributed by atoms with Gasteiger partial charge in [-0.3, -0.25) is 4.79 Å². The van der Waals surface area contributed by atoms with Crippen molar-refractivity contribution < 1.29 is 9.90 Å². The van der Waals surface area contributed by atoms with Gasteiger partial charge in [-0.05, 0) is 30.2 Å². The fourth-order valence-electron chi connectivity index (χ4n) is 1.31. The molecule has 1 aromatic carbocycles. The van der Waals surface area contributed by atoms with Crippen LogP contribution in [-0.4, -0.2) is 23.7 Å². The van der Waals surface area contributed by atoms with Gasteiger partial charge in [0.25, 0.3) is 0 Å². The highest BCUT2D eigenvalue weighted by Gasteiger charge is 2.05. The number of amides is 1. The largest absolute Gasteiger partial charge is 0.394 e. The first kappa shape index (κ1) is 13.9. The van der Waals surface area contributed by atoms with Gasteiger partial charge in [-0.15, -0.1) is 0 Å². The number of aliphatic hydroxyl groups excluding tert-OH is 1. The lowest BCUT2D eigenvalue weighted by Crippen LogP contribution is -2.35. The van der Waals surface area contributed by atoms with E-state index in [0.717, 1.165) is 10.0 Å². The first-order valence-electron chi connectivity index (χ1n) is 5.50. The molecule has 0 aliphatic rings. The zero-order chi connectivity index (χ0) is 12.7. The third-order valence-corrected chi connectivity index (χ3v) is 2.83. The molecule has 1 atom stereocenters. The monoisotopic (exact) mass is 297 g/mol. The first-order chi connectivity index (χ1) is 8.15. The van der Waals surface area contributed by atoms with Crippen molar-refractivity contribution >= 4 is 27.9 Å². The van der Waals surface area contributed by atoms with E-state index in [1.54, 1.807) is 6.08 Å². The molecule has 3 nitrogen and oxygen atoms in total. The van der Waals surface area contributed by atoms with Crippen molar-refractivity contribution in [3.63, 3.8) is 0 Å². The van der Waals surface area contributed by atoms with Crippen LogP contribution in [0.15, 0.2) is 34.8 Å². The molecule has 0 saturated heterocycles. The molecule has 0 saturated carbocycles. The molecule has 0 fully saturated rings. The van der Waals surface area contributed by atoms with Crippen molar-refractivity contribution in [2.75, 3.05) is 6.61 Å². The van der Waals surface area contributed by atoms with Crippen LogP contribution in [0.5, 0.6) is 0 Å². The second kappa shape index (κ2) is 7.25. The Balaban J connectivity index is 2.56. The molecule has 1 amide bonds. The average Bonchev–Trinajstić information content (AvgIpc) is 2.33. The van der Waals surface area contributed by atoms with E-state index in [9.17, 15) is 4.79 Å². The predicted molar refractivity (Wildman–Crippen MR) is 72.5 cm³/mol. The summed E-state index contributed by atoms with van der Waals surface area (Å²) >= 11 is 3.36. The van der Waals surface area contributed by atoms with Gasteiger partial charge in [0.1, 0.15) is 0 Å². The fraction of sp³-hybridized carbons (Fsp3) is 0.308. The number of aliphatic hydroxyl groups is 1. The average molecular weight is 298 g/mol. The predicted octanol–water partition coefficient (Wildman–Crippen LogP) is 2.35. The molecular weight excluding hydrogens is 282 g/mol. The smallest absolute Gasteiger partial charge is 0.244 e. The van der Waals surface area contributed by atoms with Crippen LogP contribution in [0.25, 0.3) is 6.08 Å². The summed E-state index contributed by atoms with van der Waals surface area (Å²) in [7, 11) is 0. The van der Waals surface area contributed by atoms with Crippen molar-refractivity contribution in [3.8, 4) is 0 Å². The number of hydrogen-bond acceptors (Lipinski definition) is 2. The van der Waals surface area contributed by atoms with Crippen LogP contribution < -0.4 is 5.32 Å². The zero-order valence-corrected chi connectivity index (χ0v) is 11.3. The summed E-state index contributed by atoms with van der Waals surface area (Å²) in [6.07, 6.45) is 3.93. The van der Waals surface area contributed by atoms with Gasteiger partial charge in [0, 0.05) is 10.5 Å². The van der Waals surface area contributed by atoms with E-state index >= 15 is 0 Å². The van der Waals surface area contributed by atoms with Crippen molar-refractivity contribution in [1.82, 2.24) is 5.32 Å². The summed E-state index contributed by atoms with van der Waals surface area (Å²) in [5.41, 5.74) is 0.951. The summed E-state index contributed by atoms with van der Waals surface area (Å²) < 4.78 is 0.974.